The third-order valence-electron chi connectivity index (χ3n) is 4.24. The zero-order valence-corrected chi connectivity index (χ0v) is 15.2. The molecule has 0 spiro atoms. The van der Waals surface area contributed by atoms with E-state index in [1.807, 2.05) is 0 Å². The van der Waals surface area contributed by atoms with Crippen molar-refractivity contribution in [1.82, 2.24) is 0 Å². The van der Waals surface area contributed by atoms with Crippen LogP contribution in [-0.2, 0) is 19.4 Å². The highest BCUT2D eigenvalue weighted by atomic mass is 32.2. The van der Waals surface area contributed by atoms with E-state index in [0.29, 0.717) is 16.8 Å². The second-order valence-electron chi connectivity index (χ2n) is 6.14. The molecule has 2 heterocycles. The summed E-state index contributed by atoms with van der Waals surface area (Å²) in [6.45, 7) is -0.598. The van der Waals surface area contributed by atoms with Gasteiger partial charge in [0, 0.05) is 17.8 Å². The normalized spacial score (nSPS) is 18.0. The fourth-order valence-electron chi connectivity index (χ4n) is 2.98. The predicted molar refractivity (Wildman–Crippen MR) is 96.7 cm³/mol. The maximum absolute atomic E-state index is 12.7. The van der Waals surface area contributed by atoms with E-state index < -0.39 is 34.4 Å². The number of nitrogens with zero attached hydrogens (tertiary/aromatic N) is 2. The largest absolute Gasteiger partial charge is 0.618 e. The van der Waals surface area contributed by atoms with Crippen LogP contribution in [0.25, 0.3) is 0 Å². The molecule has 0 bridgehead atoms. The number of para-hydroxylation sites is 1. The molecule has 1 aliphatic rings. The molecule has 1 amide bonds. The van der Waals surface area contributed by atoms with Crippen LogP contribution >= 0.6 is 0 Å². The van der Waals surface area contributed by atoms with Crippen molar-refractivity contribution in [2.45, 2.75) is 12.5 Å². The van der Waals surface area contributed by atoms with Gasteiger partial charge in [-0.3, -0.25) is 4.79 Å². The topological polar surface area (TPSA) is 108 Å². The van der Waals surface area contributed by atoms with Crippen LogP contribution in [0.1, 0.15) is 16.9 Å². The summed E-state index contributed by atoms with van der Waals surface area (Å²) < 4.78 is 29.0. The van der Waals surface area contributed by atoms with Gasteiger partial charge in [0.15, 0.2) is 22.6 Å². The number of anilines is 1. The second-order valence-corrected chi connectivity index (χ2v) is 8.37. The Morgan fingerprint density at radius 1 is 1.15 bits per heavy atom. The van der Waals surface area contributed by atoms with Gasteiger partial charge in [0.2, 0.25) is 0 Å². The van der Waals surface area contributed by atoms with Crippen LogP contribution in [0.2, 0.25) is 0 Å². The van der Waals surface area contributed by atoms with Crippen molar-refractivity contribution in [1.29, 1.82) is 0 Å². The Bertz CT molecular complexity index is 945. The molecule has 1 saturated heterocycles. The number of carbonyl (C=O) groups is 2. The summed E-state index contributed by atoms with van der Waals surface area (Å²) in [6.07, 6.45) is 1.47. The fourth-order valence-corrected chi connectivity index (χ4v) is 4.68. The minimum Gasteiger partial charge on any atom is -0.618 e. The minimum atomic E-state index is -3.21. The Balaban J connectivity index is 1.76. The van der Waals surface area contributed by atoms with Gasteiger partial charge in [0.25, 0.3) is 5.91 Å². The van der Waals surface area contributed by atoms with E-state index in [9.17, 15) is 23.2 Å². The Morgan fingerprint density at radius 2 is 1.85 bits per heavy atom. The third-order valence-corrected chi connectivity index (χ3v) is 5.99. The molecule has 1 atom stereocenters. The maximum atomic E-state index is 12.7. The lowest BCUT2D eigenvalue weighted by Gasteiger charge is -2.28. The van der Waals surface area contributed by atoms with Gasteiger partial charge < -0.3 is 14.8 Å². The lowest BCUT2D eigenvalue weighted by molar-refractivity contribution is -0.608. The number of carbonyl (C=O) groups excluding carboxylic acids is 2. The molecule has 9 heteroatoms. The molecule has 27 heavy (non-hydrogen) atoms. The number of hydrogen-bond acceptors (Lipinski definition) is 6. The van der Waals surface area contributed by atoms with Crippen molar-refractivity contribution in [2.24, 2.45) is 0 Å². The molecule has 1 fully saturated rings. The molecule has 2 aromatic rings. The summed E-state index contributed by atoms with van der Waals surface area (Å²) in [6, 6.07) is 12.4. The van der Waals surface area contributed by atoms with Crippen LogP contribution in [0, 0.1) is 5.21 Å². The van der Waals surface area contributed by atoms with Crippen LogP contribution in [0.15, 0.2) is 54.7 Å². The number of benzene rings is 1. The molecule has 0 aliphatic carbocycles. The Kier molecular flexibility index (Phi) is 5.41. The first-order valence-electron chi connectivity index (χ1n) is 8.30. The SMILES string of the molecule is O=C(OCC(=O)N(c1ccccc1)[C@H]1CCS(=O)(=O)C1)c1cccc[n+]1[O-]. The number of rotatable bonds is 5. The number of pyridine rings is 1. The standard InChI is InChI=1S/C18H18N2O6S/c21-17(12-26-18(22)16-8-4-5-10-19(16)23)20(14-6-2-1-3-7-14)15-9-11-27(24,25)13-15/h1-8,10,15H,9,11-13H2/t15-/m0/s1. The number of sulfone groups is 1. The average molecular weight is 390 g/mol. The molecule has 3 rings (SSSR count). The molecule has 1 aromatic carbocycles. The van der Waals surface area contributed by atoms with E-state index in [-0.39, 0.29) is 17.2 Å². The monoisotopic (exact) mass is 390 g/mol. The molecule has 1 aromatic heterocycles. The molecule has 0 unspecified atom stereocenters. The number of amides is 1. The Hall–Kier alpha value is -2.94. The lowest BCUT2D eigenvalue weighted by Crippen LogP contribution is -2.44. The number of ether oxygens (including phenoxy) is 1. The van der Waals surface area contributed by atoms with Gasteiger partial charge in [-0.15, -0.1) is 0 Å². The molecular formula is C18H18N2O6S. The first kappa shape index (κ1) is 18.8. The van der Waals surface area contributed by atoms with E-state index in [1.54, 1.807) is 30.3 Å². The lowest BCUT2D eigenvalue weighted by atomic mass is 10.2. The third kappa shape index (κ3) is 4.43. The van der Waals surface area contributed by atoms with Crippen LogP contribution in [0.4, 0.5) is 5.69 Å². The van der Waals surface area contributed by atoms with Crippen molar-refractivity contribution in [3.05, 3.63) is 65.6 Å². The fraction of sp³-hybridized carbons (Fsp3) is 0.278. The highest BCUT2D eigenvalue weighted by Gasteiger charge is 2.36. The predicted octanol–water partition coefficient (Wildman–Crippen LogP) is 0.697. The maximum Gasteiger partial charge on any atom is 0.405 e. The molecule has 0 saturated carbocycles. The quantitative estimate of drug-likeness (QED) is 0.422. The summed E-state index contributed by atoms with van der Waals surface area (Å²) in [5.41, 5.74) is 0.291. The van der Waals surface area contributed by atoms with Crippen LogP contribution in [0.3, 0.4) is 0 Å². The van der Waals surface area contributed by atoms with E-state index in [4.69, 9.17) is 4.74 Å². The summed E-state index contributed by atoms with van der Waals surface area (Å²) in [5, 5.41) is 11.6. The van der Waals surface area contributed by atoms with Crippen LogP contribution in [0.5, 0.6) is 0 Å². The molecule has 0 radical (unpaired) electrons. The zero-order valence-electron chi connectivity index (χ0n) is 14.4. The molecule has 1 aliphatic heterocycles. The summed E-state index contributed by atoms with van der Waals surface area (Å²) in [5.74, 6) is -1.61. The first-order chi connectivity index (χ1) is 12.9. The van der Waals surface area contributed by atoms with Crippen LogP contribution < -0.4 is 9.63 Å². The van der Waals surface area contributed by atoms with Crippen molar-refractivity contribution in [2.75, 3.05) is 23.0 Å². The van der Waals surface area contributed by atoms with E-state index in [2.05, 4.69) is 0 Å². The first-order valence-corrected chi connectivity index (χ1v) is 10.1. The second kappa shape index (κ2) is 7.75. The van der Waals surface area contributed by atoms with Gasteiger partial charge in [-0.25, -0.2) is 13.2 Å². The highest BCUT2D eigenvalue weighted by Crippen LogP contribution is 2.24. The number of aromatic nitrogens is 1. The Labute approximate surface area is 156 Å². The van der Waals surface area contributed by atoms with Crippen molar-refractivity contribution in [3.8, 4) is 0 Å². The molecule has 0 N–H and O–H groups in total. The van der Waals surface area contributed by atoms with E-state index in [1.165, 1.54) is 23.1 Å². The van der Waals surface area contributed by atoms with Gasteiger partial charge in [-0.2, -0.15) is 4.73 Å². The summed E-state index contributed by atoms with van der Waals surface area (Å²) >= 11 is 0. The number of hydrogen-bond donors (Lipinski definition) is 0. The van der Waals surface area contributed by atoms with Gasteiger partial charge >= 0.3 is 11.7 Å². The highest BCUT2D eigenvalue weighted by molar-refractivity contribution is 7.91. The van der Waals surface area contributed by atoms with E-state index in [0.717, 1.165) is 6.20 Å². The van der Waals surface area contributed by atoms with E-state index >= 15 is 0 Å². The molecule has 8 nitrogen and oxygen atoms in total. The van der Waals surface area contributed by atoms with Gasteiger partial charge in [-0.1, -0.05) is 18.2 Å². The average Bonchev–Trinajstić information content (AvgIpc) is 3.00. The van der Waals surface area contributed by atoms with Gasteiger partial charge in [-0.05, 0) is 24.6 Å². The Morgan fingerprint density at radius 3 is 2.48 bits per heavy atom. The van der Waals surface area contributed by atoms with Crippen LogP contribution in [-0.4, -0.2) is 44.4 Å². The van der Waals surface area contributed by atoms with Gasteiger partial charge in [0.05, 0.1) is 17.5 Å². The zero-order chi connectivity index (χ0) is 19.4. The minimum absolute atomic E-state index is 0.00820. The van der Waals surface area contributed by atoms with Crippen molar-refractivity contribution in [3.63, 3.8) is 0 Å². The van der Waals surface area contributed by atoms with Crippen molar-refractivity contribution >= 4 is 27.4 Å². The molecular weight excluding hydrogens is 372 g/mol. The molecule has 142 valence electrons. The van der Waals surface area contributed by atoms with Crippen molar-refractivity contribution < 1.29 is 27.5 Å². The van der Waals surface area contributed by atoms with Gasteiger partial charge in [0.1, 0.15) is 0 Å². The smallest absolute Gasteiger partial charge is 0.405 e. The number of esters is 1. The summed E-state index contributed by atoms with van der Waals surface area (Å²) in [7, 11) is -3.21. The summed E-state index contributed by atoms with van der Waals surface area (Å²) in [4.78, 5) is 26.1.